The Labute approximate surface area is 148 Å². The number of anilines is 1. The van der Waals surface area contributed by atoms with Gasteiger partial charge >= 0.3 is 5.97 Å². The first-order valence-corrected chi connectivity index (χ1v) is 8.14. The van der Waals surface area contributed by atoms with Crippen LogP contribution in [0.4, 0.5) is 5.69 Å². The Morgan fingerprint density at radius 2 is 1.80 bits per heavy atom. The Bertz CT molecular complexity index is 723. The summed E-state index contributed by atoms with van der Waals surface area (Å²) in [6, 6.07) is 14.5. The van der Waals surface area contributed by atoms with E-state index in [1.54, 1.807) is 25.3 Å². The summed E-state index contributed by atoms with van der Waals surface area (Å²) in [6.45, 7) is 4.29. The van der Waals surface area contributed by atoms with Gasteiger partial charge in [-0.3, -0.25) is 4.79 Å². The molecule has 0 spiro atoms. The zero-order valence-electron chi connectivity index (χ0n) is 14.7. The highest BCUT2D eigenvalue weighted by Crippen LogP contribution is 2.17. The Morgan fingerprint density at radius 3 is 2.44 bits per heavy atom. The van der Waals surface area contributed by atoms with Crippen molar-refractivity contribution in [2.75, 3.05) is 19.0 Å². The lowest BCUT2D eigenvalue weighted by Gasteiger charge is -2.09. The van der Waals surface area contributed by atoms with Gasteiger partial charge in [0.05, 0.1) is 12.2 Å². The number of esters is 1. The standard InChI is InChI=1S/C20H23NO4/c1-14(2)16-7-9-18(10-8-16)21-19(22)13-25-20(23)17-6-4-5-15(11-17)12-24-3/h4-11,14H,12-13H2,1-3H3,(H,21,22). The normalized spacial score (nSPS) is 10.6. The maximum Gasteiger partial charge on any atom is 0.338 e. The summed E-state index contributed by atoms with van der Waals surface area (Å²) < 4.78 is 10.1. The molecule has 0 unspecified atom stereocenters. The topological polar surface area (TPSA) is 64.6 Å². The van der Waals surface area contributed by atoms with Crippen LogP contribution in [0.3, 0.4) is 0 Å². The molecule has 2 rings (SSSR count). The Balaban J connectivity index is 1.86. The van der Waals surface area contributed by atoms with E-state index in [4.69, 9.17) is 9.47 Å². The smallest absolute Gasteiger partial charge is 0.338 e. The molecule has 0 saturated carbocycles. The fourth-order valence-electron chi connectivity index (χ4n) is 2.32. The van der Waals surface area contributed by atoms with Crippen molar-refractivity contribution >= 4 is 17.6 Å². The summed E-state index contributed by atoms with van der Waals surface area (Å²) in [5, 5.41) is 2.71. The highest BCUT2D eigenvalue weighted by atomic mass is 16.5. The number of benzene rings is 2. The first kappa shape index (κ1) is 18.7. The number of hydrogen-bond acceptors (Lipinski definition) is 4. The fourth-order valence-corrected chi connectivity index (χ4v) is 2.32. The van der Waals surface area contributed by atoms with E-state index in [0.717, 1.165) is 5.56 Å². The molecule has 1 N–H and O–H groups in total. The fraction of sp³-hybridized carbons (Fsp3) is 0.300. The van der Waals surface area contributed by atoms with Crippen molar-refractivity contribution in [3.63, 3.8) is 0 Å². The quantitative estimate of drug-likeness (QED) is 0.779. The molecule has 0 aromatic heterocycles. The Hall–Kier alpha value is -2.66. The van der Waals surface area contributed by atoms with Crippen molar-refractivity contribution in [3.8, 4) is 0 Å². The van der Waals surface area contributed by atoms with E-state index < -0.39 is 5.97 Å². The molecule has 25 heavy (non-hydrogen) atoms. The van der Waals surface area contributed by atoms with Crippen LogP contribution in [-0.2, 0) is 20.9 Å². The molecule has 0 bridgehead atoms. The summed E-state index contributed by atoms with van der Waals surface area (Å²) >= 11 is 0. The highest BCUT2D eigenvalue weighted by molar-refractivity contribution is 5.95. The molecule has 0 saturated heterocycles. The molecule has 5 heteroatoms. The number of nitrogens with one attached hydrogen (secondary N) is 1. The molecular formula is C20H23NO4. The molecule has 2 aromatic rings. The van der Waals surface area contributed by atoms with Crippen molar-refractivity contribution in [1.82, 2.24) is 0 Å². The lowest BCUT2D eigenvalue weighted by Crippen LogP contribution is -2.21. The zero-order chi connectivity index (χ0) is 18.2. The van der Waals surface area contributed by atoms with Gasteiger partial charge in [0.25, 0.3) is 5.91 Å². The van der Waals surface area contributed by atoms with Crippen molar-refractivity contribution in [3.05, 3.63) is 65.2 Å². The van der Waals surface area contributed by atoms with Crippen LogP contribution in [0, 0.1) is 0 Å². The van der Waals surface area contributed by atoms with Gasteiger partial charge in [0.2, 0.25) is 0 Å². The summed E-state index contributed by atoms with van der Waals surface area (Å²) in [5.74, 6) is -0.485. The molecule has 0 heterocycles. The molecule has 5 nitrogen and oxygen atoms in total. The van der Waals surface area contributed by atoms with Gasteiger partial charge in [-0.25, -0.2) is 4.79 Å². The number of hydrogen-bond donors (Lipinski definition) is 1. The number of amides is 1. The Morgan fingerprint density at radius 1 is 1.08 bits per heavy atom. The number of carbonyl (C=O) groups excluding carboxylic acids is 2. The maximum atomic E-state index is 12.0. The molecule has 0 atom stereocenters. The summed E-state index contributed by atoms with van der Waals surface area (Å²) in [5.41, 5.74) is 3.13. The SMILES string of the molecule is COCc1cccc(C(=O)OCC(=O)Nc2ccc(C(C)C)cc2)c1. The second-order valence-corrected chi connectivity index (χ2v) is 6.03. The minimum Gasteiger partial charge on any atom is -0.452 e. The minimum absolute atomic E-state index is 0.334. The number of ether oxygens (including phenoxy) is 2. The number of rotatable bonds is 7. The first-order chi connectivity index (χ1) is 12.0. The van der Waals surface area contributed by atoms with E-state index >= 15 is 0 Å². The lowest BCUT2D eigenvalue weighted by molar-refractivity contribution is -0.119. The third-order valence-electron chi connectivity index (χ3n) is 3.67. The highest BCUT2D eigenvalue weighted by Gasteiger charge is 2.11. The van der Waals surface area contributed by atoms with Crippen molar-refractivity contribution in [2.24, 2.45) is 0 Å². The van der Waals surface area contributed by atoms with Gasteiger partial charge in [-0.2, -0.15) is 0 Å². The minimum atomic E-state index is -0.539. The van der Waals surface area contributed by atoms with E-state index in [1.807, 2.05) is 30.3 Å². The molecule has 132 valence electrons. The Kier molecular flexibility index (Phi) is 6.71. The van der Waals surface area contributed by atoms with Crippen LogP contribution in [-0.4, -0.2) is 25.6 Å². The second-order valence-electron chi connectivity index (χ2n) is 6.03. The van der Waals surface area contributed by atoms with E-state index in [0.29, 0.717) is 23.8 Å². The molecule has 0 aliphatic heterocycles. The van der Waals surface area contributed by atoms with Gasteiger partial charge in [-0.05, 0) is 41.3 Å². The molecule has 2 aromatic carbocycles. The molecule has 0 fully saturated rings. The molecule has 0 radical (unpaired) electrons. The van der Waals surface area contributed by atoms with Crippen LogP contribution in [0.25, 0.3) is 0 Å². The predicted molar refractivity (Wildman–Crippen MR) is 96.6 cm³/mol. The van der Waals surface area contributed by atoms with Crippen molar-refractivity contribution in [1.29, 1.82) is 0 Å². The van der Waals surface area contributed by atoms with Gasteiger partial charge in [0.1, 0.15) is 0 Å². The zero-order valence-corrected chi connectivity index (χ0v) is 14.7. The van der Waals surface area contributed by atoms with Gasteiger partial charge in [0.15, 0.2) is 6.61 Å². The van der Waals surface area contributed by atoms with E-state index in [2.05, 4.69) is 19.2 Å². The molecule has 0 aliphatic rings. The van der Waals surface area contributed by atoms with Crippen LogP contribution in [0.5, 0.6) is 0 Å². The second kappa shape index (κ2) is 8.99. The van der Waals surface area contributed by atoms with Gasteiger partial charge in [0, 0.05) is 12.8 Å². The lowest BCUT2D eigenvalue weighted by atomic mass is 10.0. The number of methoxy groups -OCH3 is 1. The van der Waals surface area contributed by atoms with Gasteiger partial charge < -0.3 is 14.8 Å². The average molecular weight is 341 g/mol. The van der Waals surface area contributed by atoms with Crippen molar-refractivity contribution in [2.45, 2.75) is 26.4 Å². The van der Waals surface area contributed by atoms with E-state index in [9.17, 15) is 9.59 Å². The molecule has 0 aliphatic carbocycles. The predicted octanol–water partition coefficient (Wildman–Crippen LogP) is 3.75. The van der Waals surface area contributed by atoms with Crippen LogP contribution >= 0.6 is 0 Å². The van der Waals surface area contributed by atoms with Crippen LogP contribution in [0.2, 0.25) is 0 Å². The third-order valence-corrected chi connectivity index (χ3v) is 3.67. The largest absolute Gasteiger partial charge is 0.452 e. The third kappa shape index (κ3) is 5.72. The molecular weight excluding hydrogens is 318 g/mol. The maximum absolute atomic E-state index is 12.0. The monoisotopic (exact) mass is 341 g/mol. The first-order valence-electron chi connectivity index (χ1n) is 8.14. The summed E-state index contributed by atoms with van der Waals surface area (Å²) in [6.07, 6.45) is 0. The summed E-state index contributed by atoms with van der Waals surface area (Å²) in [4.78, 5) is 24.0. The van der Waals surface area contributed by atoms with Crippen LogP contribution in [0.15, 0.2) is 48.5 Å². The van der Waals surface area contributed by atoms with E-state index in [-0.39, 0.29) is 12.5 Å². The van der Waals surface area contributed by atoms with Crippen LogP contribution < -0.4 is 5.32 Å². The van der Waals surface area contributed by atoms with Gasteiger partial charge in [-0.1, -0.05) is 38.1 Å². The number of carbonyl (C=O) groups is 2. The average Bonchev–Trinajstić information content (AvgIpc) is 2.60. The van der Waals surface area contributed by atoms with Crippen LogP contribution in [0.1, 0.15) is 41.3 Å². The van der Waals surface area contributed by atoms with E-state index in [1.165, 1.54) is 5.56 Å². The van der Waals surface area contributed by atoms with Crippen molar-refractivity contribution < 1.29 is 19.1 Å². The summed E-state index contributed by atoms with van der Waals surface area (Å²) in [7, 11) is 1.59. The molecule has 1 amide bonds. The van der Waals surface area contributed by atoms with Gasteiger partial charge in [-0.15, -0.1) is 0 Å².